The lowest BCUT2D eigenvalue weighted by atomic mass is 9.72. The molecule has 1 aliphatic rings. The van der Waals surface area contributed by atoms with Gasteiger partial charge in [0.1, 0.15) is 0 Å². The van der Waals surface area contributed by atoms with Crippen molar-refractivity contribution in [3.8, 4) is 0 Å². The van der Waals surface area contributed by atoms with Gasteiger partial charge in [-0.2, -0.15) is 0 Å². The third-order valence-electron chi connectivity index (χ3n) is 4.21. The quantitative estimate of drug-likeness (QED) is 0.798. The van der Waals surface area contributed by atoms with Crippen molar-refractivity contribution >= 4 is 0 Å². The maximum Gasteiger partial charge on any atom is 0.0144 e. The van der Waals surface area contributed by atoms with Crippen LogP contribution in [0.3, 0.4) is 0 Å². The van der Waals surface area contributed by atoms with Crippen molar-refractivity contribution in [2.45, 2.75) is 59.4 Å². The fraction of sp³-hybridized carbons (Fsp3) is 1.00. The Bertz CT molecular complexity index is 221. The Morgan fingerprint density at radius 2 is 1.94 bits per heavy atom. The van der Waals surface area contributed by atoms with E-state index in [0.29, 0.717) is 5.41 Å². The Morgan fingerprint density at radius 1 is 1.31 bits per heavy atom. The van der Waals surface area contributed by atoms with Gasteiger partial charge < -0.3 is 10.6 Å². The van der Waals surface area contributed by atoms with Gasteiger partial charge in [-0.05, 0) is 37.3 Å². The van der Waals surface area contributed by atoms with Crippen LogP contribution in [0.25, 0.3) is 0 Å². The van der Waals surface area contributed by atoms with E-state index < -0.39 is 0 Å². The standard InChI is InChI=1S/C14H30N2/c1-13(2,10-15)11-16(5)12-8-6-7-9-14(12,3)4/h12H,6-11,15H2,1-5H3. The van der Waals surface area contributed by atoms with E-state index in [1.165, 1.54) is 25.7 Å². The Kier molecular flexibility index (Phi) is 4.42. The maximum atomic E-state index is 5.83. The first-order valence-corrected chi connectivity index (χ1v) is 6.69. The van der Waals surface area contributed by atoms with Crippen LogP contribution in [-0.2, 0) is 0 Å². The molecule has 1 rings (SSSR count). The van der Waals surface area contributed by atoms with Crippen LogP contribution >= 0.6 is 0 Å². The van der Waals surface area contributed by atoms with Crippen LogP contribution in [0.5, 0.6) is 0 Å². The van der Waals surface area contributed by atoms with Crippen LogP contribution in [0.15, 0.2) is 0 Å². The number of rotatable bonds is 4. The van der Waals surface area contributed by atoms with E-state index in [2.05, 4.69) is 39.6 Å². The summed E-state index contributed by atoms with van der Waals surface area (Å²) in [6.45, 7) is 11.2. The second-order valence-corrected chi connectivity index (χ2v) is 7.03. The van der Waals surface area contributed by atoms with Gasteiger partial charge in [0.15, 0.2) is 0 Å². The number of hydrogen-bond acceptors (Lipinski definition) is 2. The van der Waals surface area contributed by atoms with Crippen LogP contribution in [0.2, 0.25) is 0 Å². The van der Waals surface area contributed by atoms with Crippen LogP contribution in [0.4, 0.5) is 0 Å². The molecule has 0 aromatic heterocycles. The summed E-state index contributed by atoms with van der Waals surface area (Å²) in [5.41, 5.74) is 6.53. The summed E-state index contributed by atoms with van der Waals surface area (Å²) in [6, 6.07) is 0.729. The summed E-state index contributed by atoms with van der Waals surface area (Å²) in [4.78, 5) is 2.55. The minimum atomic E-state index is 0.238. The fourth-order valence-electron chi connectivity index (χ4n) is 3.14. The molecular weight excluding hydrogens is 196 g/mol. The van der Waals surface area contributed by atoms with Crippen molar-refractivity contribution in [1.82, 2.24) is 4.90 Å². The lowest BCUT2D eigenvalue weighted by Gasteiger charge is -2.46. The first-order chi connectivity index (χ1) is 7.28. The van der Waals surface area contributed by atoms with Crippen LogP contribution in [0, 0.1) is 10.8 Å². The van der Waals surface area contributed by atoms with Gasteiger partial charge in [-0.25, -0.2) is 0 Å². The Labute approximate surface area is 102 Å². The molecule has 2 nitrogen and oxygen atoms in total. The maximum absolute atomic E-state index is 5.83. The van der Waals surface area contributed by atoms with Crippen molar-refractivity contribution < 1.29 is 0 Å². The van der Waals surface area contributed by atoms with Gasteiger partial charge in [0.25, 0.3) is 0 Å². The normalized spacial score (nSPS) is 26.1. The molecule has 0 amide bonds. The average molecular weight is 226 g/mol. The van der Waals surface area contributed by atoms with E-state index in [-0.39, 0.29) is 5.41 Å². The third-order valence-corrected chi connectivity index (χ3v) is 4.21. The molecule has 96 valence electrons. The van der Waals surface area contributed by atoms with E-state index in [4.69, 9.17) is 5.73 Å². The molecule has 0 aromatic rings. The molecule has 1 aliphatic carbocycles. The summed E-state index contributed by atoms with van der Waals surface area (Å²) in [7, 11) is 2.27. The van der Waals surface area contributed by atoms with E-state index in [9.17, 15) is 0 Å². The molecule has 16 heavy (non-hydrogen) atoms. The van der Waals surface area contributed by atoms with Gasteiger partial charge in [0, 0.05) is 12.6 Å². The van der Waals surface area contributed by atoms with Gasteiger partial charge in [0.05, 0.1) is 0 Å². The third kappa shape index (κ3) is 3.46. The second-order valence-electron chi connectivity index (χ2n) is 7.03. The minimum Gasteiger partial charge on any atom is -0.330 e. The van der Waals surface area contributed by atoms with Crippen LogP contribution < -0.4 is 5.73 Å². The van der Waals surface area contributed by atoms with Crippen molar-refractivity contribution in [2.24, 2.45) is 16.6 Å². The molecule has 0 radical (unpaired) electrons. The number of hydrogen-bond donors (Lipinski definition) is 1. The number of nitrogens with zero attached hydrogens (tertiary/aromatic N) is 1. The summed E-state index contributed by atoms with van der Waals surface area (Å²) in [5, 5.41) is 0. The smallest absolute Gasteiger partial charge is 0.0144 e. The van der Waals surface area contributed by atoms with Crippen molar-refractivity contribution in [3.05, 3.63) is 0 Å². The largest absolute Gasteiger partial charge is 0.330 e. The van der Waals surface area contributed by atoms with Gasteiger partial charge in [-0.3, -0.25) is 0 Å². The monoisotopic (exact) mass is 226 g/mol. The number of nitrogens with two attached hydrogens (primary N) is 1. The first-order valence-electron chi connectivity index (χ1n) is 6.69. The lowest BCUT2D eigenvalue weighted by molar-refractivity contribution is 0.0448. The zero-order valence-electron chi connectivity index (χ0n) is 11.8. The highest BCUT2D eigenvalue weighted by atomic mass is 15.1. The molecule has 1 unspecified atom stereocenters. The first kappa shape index (κ1) is 14.0. The molecule has 1 atom stereocenters. The summed E-state index contributed by atoms with van der Waals surface area (Å²) < 4.78 is 0. The highest BCUT2D eigenvalue weighted by Crippen LogP contribution is 2.38. The summed E-state index contributed by atoms with van der Waals surface area (Å²) in [6.07, 6.45) is 5.51. The van der Waals surface area contributed by atoms with E-state index in [1.54, 1.807) is 0 Å². The molecule has 1 saturated carbocycles. The van der Waals surface area contributed by atoms with Crippen molar-refractivity contribution in [2.75, 3.05) is 20.1 Å². The topological polar surface area (TPSA) is 29.3 Å². The molecule has 0 aromatic carbocycles. The molecule has 1 fully saturated rings. The molecular formula is C14H30N2. The zero-order valence-corrected chi connectivity index (χ0v) is 11.8. The molecule has 0 saturated heterocycles. The summed E-state index contributed by atoms with van der Waals surface area (Å²) >= 11 is 0. The lowest BCUT2D eigenvalue weighted by Crippen LogP contribution is -2.49. The summed E-state index contributed by atoms with van der Waals surface area (Å²) in [5.74, 6) is 0. The van der Waals surface area contributed by atoms with Crippen molar-refractivity contribution in [3.63, 3.8) is 0 Å². The molecule has 2 heteroatoms. The van der Waals surface area contributed by atoms with E-state index in [0.717, 1.165) is 19.1 Å². The molecule has 0 heterocycles. The molecule has 0 aliphatic heterocycles. The predicted octanol–water partition coefficient (Wildman–Crippen LogP) is 2.87. The average Bonchev–Trinajstić information content (AvgIpc) is 2.16. The zero-order chi connectivity index (χ0) is 12.4. The molecule has 0 spiro atoms. The molecule has 2 N–H and O–H groups in total. The Morgan fingerprint density at radius 3 is 2.44 bits per heavy atom. The highest BCUT2D eigenvalue weighted by Gasteiger charge is 2.36. The van der Waals surface area contributed by atoms with E-state index >= 15 is 0 Å². The van der Waals surface area contributed by atoms with Gasteiger partial charge >= 0.3 is 0 Å². The fourth-order valence-corrected chi connectivity index (χ4v) is 3.14. The second kappa shape index (κ2) is 5.05. The minimum absolute atomic E-state index is 0.238. The van der Waals surface area contributed by atoms with Crippen LogP contribution in [-0.4, -0.2) is 31.1 Å². The van der Waals surface area contributed by atoms with Crippen LogP contribution in [0.1, 0.15) is 53.4 Å². The van der Waals surface area contributed by atoms with E-state index in [1.807, 2.05) is 0 Å². The Hall–Kier alpha value is -0.0800. The van der Waals surface area contributed by atoms with Gasteiger partial charge in [-0.15, -0.1) is 0 Å². The van der Waals surface area contributed by atoms with Gasteiger partial charge in [0.2, 0.25) is 0 Å². The SMILES string of the molecule is CN(CC(C)(C)CN)C1CCCCC1(C)C. The molecule has 0 bridgehead atoms. The predicted molar refractivity (Wildman–Crippen MR) is 71.5 cm³/mol. The van der Waals surface area contributed by atoms with Gasteiger partial charge in [-0.1, -0.05) is 40.5 Å². The van der Waals surface area contributed by atoms with Crippen molar-refractivity contribution in [1.29, 1.82) is 0 Å². The highest BCUT2D eigenvalue weighted by molar-refractivity contribution is 4.90. The Balaban J connectivity index is 2.61.